The molecular weight excluding hydrogens is 170 g/mol. The van der Waals surface area contributed by atoms with Gasteiger partial charge in [-0.1, -0.05) is 0 Å². The van der Waals surface area contributed by atoms with Crippen molar-refractivity contribution in [2.75, 3.05) is 18.6 Å². The average Bonchev–Trinajstić information content (AvgIpc) is 2.46. The fraction of sp³-hybridized carbons (Fsp3) is 0.625. The van der Waals surface area contributed by atoms with Crippen LogP contribution in [0.2, 0.25) is 0 Å². The standard InChI is InChI=1S/C8H15N3S/c1-11-8(3-4-10-11)7-9-5-6-12-2/h3-4,9H,5-7H2,1-2H3. The maximum absolute atomic E-state index is 4.09. The molecule has 0 aliphatic heterocycles. The summed E-state index contributed by atoms with van der Waals surface area (Å²) in [5.41, 5.74) is 1.23. The highest BCUT2D eigenvalue weighted by Gasteiger charge is 1.95. The van der Waals surface area contributed by atoms with E-state index < -0.39 is 0 Å². The molecule has 0 aliphatic carbocycles. The van der Waals surface area contributed by atoms with E-state index in [0.717, 1.165) is 18.8 Å². The van der Waals surface area contributed by atoms with Crippen LogP contribution < -0.4 is 5.32 Å². The van der Waals surface area contributed by atoms with E-state index in [-0.39, 0.29) is 0 Å². The van der Waals surface area contributed by atoms with Crippen LogP contribution in [0.1, 0.15) is 5.69 Å². The van der Waals surface area contributed by atoms with Gasteiger partial charge in [-0.3, -0.25) is 4.68 Å². The Morgan fingerprint density at radius 1 is 1.67 bits per heavy atom. The van der Waals surface area contributed by atoms with Crippen molar-refractivity contribution >= 4 is 11.8 Å². The largest absolute Gasteiger partial charge is 0.310 e. The number of hydrogen-bond donors (Lipinski definition) is 1. The van der Waals surface area contributed by atoms with Crippen LogP contribution in [0.25, 0.3) is 0 Å². The summed E-state index contributed by atoms with van der Waals surface area (Å²) in [5.74, 6) is 1.16. The molecule has 1 N–H and O–H groups in total. The van der Waals surface area contributed by atoms with Crippen molar-refractivity contribution in [3.05, 3.63) is 18.0 Å². The lowest BCUT2D eigenvalue weighted by atomic mass is 10.4. The third-order valence-electron chi connectivity index (χ3n) is 1.71. The molecular formula is C8H15N3S. The van der Waals surface area contributed by atoms with Gasteiger partial charge in [0.2, 0.25) is 0 Å². The van der Waals surface area contributed by atoms with Gasteiger partial charge in [-0.05, 0) is 12.3 Å². The quantitative estimate of drug-likeness (QED) is 0.690. The second-order valence-corrected chi connectivity index (χ2v) is 3.60. The van der Waals surface area contributed by atoms with Gasteiger partial charge in [0.15, 0.2) is 0 Å². The van der Waals surface area contributed by atoms with E-state index in [1.807, 2.05) is 35.8 Å². The molecule has 1 aromatic rings. The van der Waals surface area contributed by atoms with Gasteiger partial charge in [-0.2, -0.15) is 16.9 Å². The van der Waals surface area contributed by atoms with E-state index in [1.54, 1.807) is 0 Å². The normalized spacial score (nSPS) is 10.5. The molecule has 0 saturated carbocycles. The predicted octanol–water partition coefficient (Wildman–Crippen LogP) is 0.873. The summed E-state index contributed by atoms with van der Waals surface area (Å²) in [6.07, 6.45) is 3.94. The zero-order valence-corrected chi connectivity index (χ0v) is 8.40. The Morgan fingerprint density at radius 2 is 2.50 bits per heavy atom. The molecule has 0 saturated heterocycles. The van der Waals surface area contributed by atoms with Gasteiger partial charge in [0.05, 0.1) is 5.69 Å². The fourth-order valence-electron chi connectivity index (χ4n) is 0.965. The van der Waals surface area contributed by atoms with Crippen molar-refractivity contribution in [1.29, 1.82) is 0 Å². The zero-order valence-electron chi connectivity index (χ0n) is 7.58. The summed E-state index contributed by atoms with van der Waals surface area (Å²) >= 11 is 1.86. The summed E-state index contributed by atoms with van der Waals surface area (Å²) in [6, 6.07) is 2.03. The van der Waals surface area contributed by atoms with Crippen LogP contribution in [0.3, 0.4) is 0 Å². The van der Waals surface area contributed by atoms with Crippen molar-refractivity contribution < 1.29 is 0 Å². The smallest absolute Gasteiger partial charge is 0.0518 e. The summed E-state index contributed by atoms with van der Waals surface area (Å²) in [5, 5.41) is 7.43. The second-order valence-electron chi connectivity index (χ2n) is 2.62. The van der Waals surface area contributed by atoms with Crippen LogP contribution >= 0.6 is 11.8 Å². The third kappa shape index (κ3) is 2.87. The van der Waals surface area contributed by atoms with Gasteiger partial charge in [0.1, 0.15) is 0 Å². The minimum absolute atomic E-state index is 0.914. The highest BCUT2D eigenvalue weighted by atomic mass is 32.2. The van der Waals surface area contributed by atoms with E-state index in [1.165, 1.54) is 5.69 Å². The molecule has 0 unspecified atom stereocenters. The van der Waals surface area contributed by atoms with Crippen LogP contribution in [0, 0.1) is 0 Å². The SMILES string of the molecule is CSCCNCc1ccnn1C. The predicted molar refractivity (Wildman–Crippen MR) is 53.3 cm³/mol. The molecule has 68 valence electrons. The van der Waals surface area contributed by atoms with E-state index >= 15 is 0 Å². The molecule has 1 aromatic heterocycles. The lowest BCUT2D eigenvalue weighted by Gasteiger charge is -2.03. The molecule has 0 aromatic carbocycles. The Balaban J connectivity index is 2.20. The Morgan fingerprint density at radius 3 is 3.08 bits per heavy atom. The van der Waals surface area contributed by atoms with Crippen molar-refractivity contribution in [2.24, 2.45) is 7.05 Å². The zero-order chi connectivity index (χ0) is 8.81. The molecule has 12 heavy (non-hydrogen) atoms. The first-order valence-corrected chi connectivity index (χ1v) is 5.40. The molecule has 4 heteroatoms. The molecule has 0 atom stereocenters. The van der Waals surface area contributed by atoms with Crippen LogP contribution in [0.15, 0.2) is 12.3 Å². The van der Waals surface area contributed by atoms with Crippen LogP contribution in [0.5, 0.6) is 0 Å². The minimum Gasteiger partial charge on any atom is -0.310 e. The Labute approximate surface area is 77.5 Å². The third-order valence-corrected chi connectivity index (χ3v) is 2.32. The molecule has 3 nitrogen and oxygen atoms in total. The molecule has 0 fully saturated rings. The van der Waals surface area contributed by atoms with Gasteiger partial charge in [0, 0.05) is 32.1 Å². The topological polar surface area (TPSA) is 29.9 Å². The molecule has 1 heterocycles. The average molecular weight is 185 g/mol. The Kier molecular flexibility index (Phi) is 4.18. The van der Waals surface area contributed by atoms with Gasteiger partial charge in [-0.15, -0.1) is 0 Å². The number of aromatic nitrogens is 2. The Bertz CT molecular complexity index is 222. The van der Waals surface area contributed by atoms with E-state index in [2.05, 4.69) is 16.7 Å². The van der Waals surface area contributed by atoms with Gasteiger partial charge in [0.25, 0.3) is 0 Å². The molecule has 1 rings (SSSR count). The highest BCUT2D eigenvalue weighted by Crippen LogP contribution is 1.95. The first kappa shape index (κ1) is 9.61. The second kappa shape index (κ2) is 5.22. The number of nitrogens with one attached hydrogen (secondary N) is 1. The van der Waals surface area contributed by atoms with Gasteiger partial charge in [-0.25, -0.2) is 0 Å². The monoisotopic (exact) mass is 185 g/mol. The molecule has 0 aliphatic rings. The van der Waals surface area contributed by atoms with Crippen molar-refractivity contribution in [3.63, 3.8) is 0 Å². The minimum atomic E-state index is 0.914. The first-order valence-electron chi connectivity index (χ1n) is 4.01. The van der Waals surface area contributed by atoms with Gasteiger partial charge >= 0.3 is 0 Å². The van der Waals surface area contributed by atoms with Crippen LogP contribution in [-0.4, -0.2) is 28.3 Å². The van der Waals surface area contributed by atoms with E-state index in [0.29, 0.717) is 0 Å². The summed E-state index contributed by atoms with van der Waals surface area (Å²) in [6.45, 7) is 1.98. The maximum Gasteiger partial charge on any atom is 0.0518 e. The van der Waals surface area contributed by atoms with Gasteiger partial charge < -0.3 is 5.32 Å². The number of nitrogens with zero attached hydrogens (tertiary/aromatic N) is 2. The van der Waals surface area contributed by atoms with Crippen LogP contribution in [0.4, 0.5) is 0 Å². The lowest BCUT2D eigenvalue weighted by molar-refractivity contribution is 0.645. The summed E-state index contributed by atoms with van der Waals surface area (Å²) in [4.78, 5) is 0. The Hall–Kier alpha value is -0.480. The number of hydrogen-bond acceptors (Lipinski definition) is 3. The molecule has 0 bridgehead atoms. The number of rotatable bonds is 5. The first-order chi connectivity index (χ1) is 5.84. The lowest BCUT2D eigenvalue weighted by Crippen LogP contribution is -2.18. The highest BCUT2D eigenvalue weighted by molar-refractivity contribution is 7.98. The fourth-order valence-corrected chi connectivity index (χ4v) is 1.31. The molecule has 0 amide bonds. The van der Waals surface area contributed by atoms with Crippen LogP contribution in [-0.2, 0) is 13.6 Å². The van der Waals surface area contributed by atoms with Crippen molar-refractivity contribution in [2.45, 2.75) is 6.54 Å². The molecule has 0 radical (unpaired) electrons. The van der Waals surface area contributed by atoms with E-state index in [9.17, 15) is 0 Å². The summed E-state index contributed by atoms with van der Waals surface area (Å²) < 4.78 is 1.89. The molecule has 0 spiro atoms. The van der Waals surface area contributed by atoms with Crippen molar-refractivity contribution in [3.8, 4) is 0 Å². The van der Waals surface area contributed by atoms with E-state index in [4.69, 9.17) is 0 Å². The maximum atomic E-state index is 4.09. The summed E-state index contributed by atoms with van der Waals surface area (Å²) in [7, 11) is 1.96. The number of thioether (sulfide) groups is 1. The van der Waals surface area contributed by atoms with Crippen molar-refractivity contribution in [1.82, 2.24) is 15.1 Å². The number of aryl methyl sites for hydroxylation is 1.